The van der Waals surface area contributed by atoms with Crippen LogP contribution in [0.2, 0.25) is 0 Å². The van der Waals surface area contributed by atoms with Crippen molar-refractivity contribution >= 4 is 5.78 Å². The summed E-state index contributed by atoms with van der Waals surface area (Å²) >= 11 is 0. The third kappa shape index (κ3) is 4.34. The lowest BCUT2D eigenvalue weighted by Crippen LogP contribution is -2.10. The molecule has 1 unspecified atom stereocenters. The molecule has 0 N–H and O–H groups in total. The van der Waals surface area contributed by atoms with Crippen LogP contribution in [0, 0.1) is 11.3 Å². The smallest absolute Gasteiger partial charge is 0.158 e. The maximum Gasteiger partial charge on any atom is 0.158 e. The fraction of sp³-hybridized carbons (Fsp3) is 0.667. The average Bonchev–Trinajstić information content (AvgIpc) is 2.23. The molecule has 0 spiro atoms. The SMILES string of the molecule is CC1=CCC(C)(C)C=CC(=O)C(C)CCC1. The van der Waals surface area contributed by atoms with Crippen molar-refractivity contribution in [1.29, 1.82) is 0 Å². The van der Waals surface area contributed by atoms with Crippen LogP contribution in [-0.4, -0.2) is 5.78 Å². The maximum absolute atomic E-state index is 11.8. The predicted octanol–water partition coefficient (Wildman–Crippen LogP) is 4.29. The number of hydrogen-bond donors (Lipinski definition) is 0. The Bertz CT molecular complexity index is 307. The zero-order valence-corrected chi connectivity index (χ0v) is 11.0. The van der Waals surface area contributed by atoms with E-state index < -0.39 is 0 Å². The van der Waals surface area contributed by atoms with E-state index in [1.165, 1.54) is 5.57 Å². The fourth-order valence-corrected chi connectivity index (χ4v) is 1.91. The molecule has 0 radical (unpaired) electrons. The summed E-state index contributed by atoms with van der Waals surface area (Å²) in [5, 5.41) is 0. The normalized spacial score (nSPS) is 27.1. The quantitative estimate of drug-likeness (QED) is 0.556. The standard InChI is InChI=1S/C15H24O/c1-12-6-5-7-13(2)14(16)9-11-15(3,4)10-8-12/h8-9,11,13H,5-7,10H2,1-4H3. The molecule has 1 rings (SSSR count). The van der Waals surface area contributed by atoms with Gasteiger partial charge < -0.3 is 0 Å². The third-order valence-corrected chi connectivity index (χ3v) is 3.37. The van der Waals surface area contributed by atoms with Gasteiger partial charge in [0.05, 0.1) is 0 Å². The van der Waals surface area contributed by atoms with Crippen molar-refractivity contribution in [3.05, 3.63) is 23.8 Å². The van der Waals surface area contributed by atoms with Crippen LogP contribution in [0.4, 0.5) is 0 Å². The van der Waals surface area contributed by atoms with Gasteiger partial charge >= 0.3 is 0 Å². The first-order valence-corrected chi connectivity index (χ1v) is 6.29. The molecule has 1 aliphatic rings. The highest BCUT2D eigenvalue weighted by molar-refractivity contribution is 5.91. The van der Waals surface area contributed by atoms with Gasteiger partial charge in [-0.05, 0) is 44.1 Å². The van der Waals surface area contributed by atoms with E-state index in [-0.39, 0.29) is 17.1 Å². The number of carbonyl (C=O) groups excluding carboxylic acids is 1. The van der Waals surface area contributed by atoms with Crippen molar-refractivity contribution in [2.45, 2.75) is 53.4 Å². The zero-order chi connectivity index (χ0) is 12.2. The van der Waals surface area contributed by atoms with Crippen molar-refractivity contribution in [3.8, 4) is 0 Å². The van der Waals surface area contributed by atoms with Crippen molar-refractivity contribution < 1.29 is 4.79 Å². The molecule has 90 valence electrons. The molecule has 0 bridgehead atoms. The van der Waals surface area contributed by atoms with Gasteiger partial charge in [0.25, 0.3) is 0 Å². The highest BCUT2D eigenvalue weighted by Gasteiger charge is 2.16. The number of hydrogen-bond acceptors (Lipinski definition) is 1. The van der Waals surface area contributed by atoms with Gasteiger partial charge in [0.15, 0.2) is 5.78 Å². The van der Waals surface area contributed by atoms with Crippen molar-refractivity contribution in [1.82, 2.24) is 0 Å². The fourth-order valence-electron chi connectivity index (χ4n) is 1.91. The van der Waals surface area contributed by atoms with E-state index in [1.807, 2.05) is 6.92 Å². The van der Waals surface area contributed by atoms with Crippen LogP contribution >= 0.6 is 0 Å². The van der Waals surface area contributed by atoms with E-state index in [2.05, 4.69) is 32.9 Å². The molecular weight excluding hydrogens is 196 g/mol. The van der Waals surface area contributed by atoms with E-state index in [9.17, 15) is 4.79 Å². The Balaban J connectivity index is 2.83. The van der Waals surface area contributed by atoms with Crippen LogP contribution < -0.4 is 0 Å². The number of rotatable bonds is 0. The lowest BCUT2D eigenvalue weighted by atomic mass is 9.87. The van der Waals surface area contributed by atoms with Gasteiger partial charge in [-0.2, -0.15) is 0 Å². The Morgan fingerprint density at radius 3 is 2.75 bits per heavy atom. The topological polar surface area (TPSA) is 17.1 Å². The molecule has 0 saturated carbocycles. The molecule has 16 heavy (non-hydrogen) atoms. The minimum atomic E-state index is 0.0982. The number of ketones is 1. The van der Waals surface area contributed by atoms with Crippen molar-refractivity contribution in [2.75, 3.05) is 0 Å². The second kappa shape index (κ2) is 5.47. The molecule has 1 aliphatic carbocycles. The van der Waals surface area contributed by atoms with Gasteiger partial charge in [0.2, 0.25) is 0 Å². The summed E-state index contributed by atoms with van der Waals surface area (Å²) in [7, 11) is 0. The Labute approximate surface area is 99.6 Å². The Morgan fingerprint density at radius 1 is 1.38 bits per heavy atom. The van der Waals surface area contributed by atoms with Crippen molar-refractivity contribution in [3.63, 3.8) is 0 Å². The van der Waals surface area contributed by atoms with Crippen molar-refractivity contribution in [2.24, 2.45) is 11.3 Å². The summed E-state index contributed by atoms with van der Waals surface area (Å²) in [6, 6.07) is 0. The first-order valence-electron chi connectivity index (χ1n) is 6.29. The van der Waals surface area contributed by atoms with Gasteiger partial charge in [-0.25, -0.2) is 0 Å². The molecule has 1 nitrogen and oxygen atoms in total. The minimum Gasteiger partial charge on any atom is -0.295 e. The second-order valence-electron chi connectivity index (χ2n) is 5.77. The molecule has 0 heterocycles. The summed E-state index contributed by atoms with van der Waals surface area (Å²) in [6.07, 6.45) is 10.5. The largest absolute Gasteiger partial charge is 0.295 e. The molecule has 0 saturated heterocycles. The second-order valence-corrected chi connectivity index (χ2v) is 5.77. The highest BCUT2D eigenvalue weighted by Crippen LogP contribution is 2.26. The first kappa shape index (κ1) is 13.2. The molecule has 0 amide bonds. The minimum absolute atomic E-state index is 0.0982. The summed E-state index contributed by atoms with van der Waals surface area (Å²) in [5.74, 6) is 0.463. The lowest BCUT2D eigenvalue weighted by Gasteiger charge is -2.18. The van der Waals surface area contributed by atoms with Gasteiger partial charge in [-0.1, -0.05) is 38.5 Å². The molecule has 1 heteroatoms. The van der Waals surface area contributed by atoms with E-state index in [1.54, 1.807) is 6.08 Å². The molecule has 0 aliphatic heterocycles. The average molecular weight is 220 g/mol. The van der Waals surface area contributed by atoms with Crippen LogP contribution in [-0.2, 0) is 4.79 Å². The van der Waals surface area contributed by atoms with E-state index in [4.69, 9.17) is 0 Å². The maximum atomic E-state index is 11.8. The molecular formula is C15H24O. The summed E-state index contributed by atoms with van der Waals surface area (Å²) in [6.45, 7) is 8.60. The van der Waals surface area contributed by atoms with Crippen LogP contribution in [0.3, 0.4) is 0 Å². The van der Waals surface area contributed by atoms with Gasteiger partial charge in [0, 0.05) is 5.92 Å². The van der Waals surface area contributed by atoms with Gasteiger partial charge in [-0.15, -0.1) is 0 Å². The predicted molar refractivity (Wildman–Crippen MR) is 69.3 cm³/mol. The molecule has 0 aromatic rings. The van der Waals surface area contributed by atoms with Crippen LogP contribution in [0.15, 0.2) is 23.8 Å². The van der Waals surface area contributed by atoms with Crippen LogP contribution in [0.1, 0.15) is 53.4 Å². The molecule has 1 atom stereocenters. The molecule has 0 aromatic carbocycles. The van der Waals surface area contributed by atoms with Gasteiger partial charge in [-0.3, -0.25) is 4.79 Å². The first-order chi connectivity index (χ1) is 7.41. The lowest BCUT2D eigenvalue weighted by molar-refractivity contribution is -0.118. The summed E-state index contributed by atoms with van der Waals surface area (Å²) < 4.78 is 0. The monoisotopic (exact) mass is 220 g/mol. The Morgan fingerprint density at radius 2 is 2.06 bits per heavy atom. The van der Waals surface area contributed by atoms with Crippen LogP contribution in [0.25, 0.3) is 0 Å². The van der Waals surface area contributed by atoms with E-state index in [0.717, 1.165) is 25.7 Å². The third-order valence-electron chi connectivity index (χ3n) is 3.37. The Hall–Kier alpha value is -0.850. The van der Waals surface area contributed by atoms with Crippen LogP contribution in [0.5, 0.6) is 0 Å². The number of allylic oxidation sites excluding steroid dienone is 4. The Kier molecular flexibility index (Phi) is 4.52. The molecule has 0 fully saturated rings. The summed E-state index contributed by atoms with van der Waals surface area (Å²) in [5.41, 5.74) is 1.56. The highest BCUT2D eigenvalue weighted by atomic mass is 16.1. The summed E-state index contributed by atoms with van der Waals surface area (Å²) in [4.78, 5) is 11.8. The zero-order valence-electron chi connectivity index (χ0n) is 11.0. The van der Waals surface area contributed by atoms with Gasteiger partial charge in [0.1, 0.15) is 0 Å². The van der Waals surface area contributed by atoms with E-state index in [0.29, 0.717) is 0 Å². The number of carbonyl (C=O) groups is 1. The van der Waals surface area contributed by atoms with E-state index >= 15 is 0 Å². The molecule has 0 aromatic heterocycles.